The second-order valence-corrected chi connectivity index (χ2v) is 6.89. The van der Waals surface area contributed by atoms with Gasteiger partial charge in [0.25, 0.3) is 0 Å². The van der Waals surface area contributed by atoms with E-state index in [2.05, 4.69) is 10.2 Å². The highest BCUT2D eigenvalue weighted by Gasteiger charge is 2.31. The summed E-state index contributed by atoms with van der Waals surface area (Å²) in [6.45, 7) is 7.28. The van der Waals surface area contributed by atoms with Gasteiger partial charge in [-0.25, -0.2) is 0 Å². The number of fused-ring (bicyclic) bond motifs is 1. The van der Waals surface area contributed by atoms with E-state index < -0.39 is 12.0 Å². The summed E-state index contributed by atoms with van der Waals surface area (Å²) in [4.78, 5) is 13.7. The van der Waals surface area contributed by atoms with Crippen LogP contribution in [0.3, 0.4) is 0 Å². The number of hydrogen-bond donors (Lipinski definition) is 2. The maximum absolute atomic E-state index is 11.3. The van der Waals surface area contributed by atoms with E-state index in [9.17, 15) is 9.90 Å². The van der Waals surface area contributed by atoms with Gasteiger partial charge in [0.15, 0.2) is 0 Å². The lowest BCUT2D eigenvalue weighted by Gasteiger charge is -2.41. The topological polar surface area (TPSA) is 52.6 Å². The molecule has 1 heterocycles. The Balaban J connectivity index is 1.76. The maximum atomic E-state index is 11.3. The van der Waals surface area contributed by atoms with E-state index >= 15 is 0 Å². The molecular formula is C16H30N2O2. The minimum atomic E-state index is -0.716. The number of aliphatic carboxylic acids is 1. The molecular weight excluding hydrogens is 252 g/mol. The zero-order valence-corrected chi connectivity index (χ0v) is 13.0. The molecule has 0 amide bonds. The van der Waals surface area contributed by atoms with E-state index in [-0.39, 0.29) is 6.04 Å². The third kappa shape index (κ3) is 4.45. The Morgan fingerprint density at radius 2 is 1.95 bits per heavy atom. The Hall–Kier alpha value is -0.610. The number of piperidine rings is 1. The summed E-state index contributed by atoms with van der Waals surface area (Å²) in [5.41, 5.74) is 0. The third-order valence-electron chi connectivity index (χ3n) is 4.94. The van der Waals surface area contributed by atoms with Crippen LogP contribution in [0.25, 0.3) is 0 Å². The molecule has 3 atom stereocenters. The van der Waals surface area contributed by atoms with Gasteiger partial charge in [-0.05, 0) is 37.6 Å². The van der Waals surface area contributed by atoms with Crippen LogP contribution in [0.1, 0.15) is 52.4 Å². The van der Waals surface area contributed by atoms with E-state index in [0.29, 0.717) is 6.42 Å². The first-order valence-electron chi connectivity index (χ1n) is 8.27. The summed E-state index contributed by atoms with van der Waals surface area (Å²) >= 11 is 0. The molecule has 0 radical (unpaired) electrons. The second kappa shape index (κ2) is 7.41. The van der Waals surface area contributed by atoms with Crippen molar-refractivity contribution in [1.29, 1.82) is 0 Å². The smallest absolute Gasteiger partial charge is 0.320 e. The van der Waals surface area contributed by atoms with Gasteiger partial charge in [-0.3, -0.25) is 4.79 Å². The summed E-state index contributed by atoms with van der Waals surface area (Å²) in [5, 5.41) is 12.4. The zero-order valence-electron chi connectivity index (χ0n) is 13.0. The highest BCUT2D eigenvalue weighted by atomic mass is 16.4. The van der Waals surface area contributed by atoms with Crippen molar-refractivity contribution in [2.75, 3.05) is 19.6 Å². The molecule has 116 valence electrons. The third-order valence-corrected chi connectivity index (χ3v) is 4.94. The summed E-state index contributed by atoms with van der Waals surface area (Å²) in [6, 6.07) is -0.181. The van der Waals surface area contributed by atoms with Crippen molar-refractivity contribution in [3.05, 3.63) is 0 Å². The molecule has 0 aromatic carbocycles. The normalized spacial score (nSPS) is 29.1. The number of hydrogen-bond acceptors (Lipinski definition) is 3. The predicted octanol–water partition coefficient (Wildman–Crippen LogP) is 2.34. The lowest BCUT2D eigenvalue weighted by molar-refractivity contribution is -0.140. The SMILES string of the molecule is CC(C)NC(CCN1CCC2CCCCC2C1)C(=O)O. The molecule has 0 aromatic heterocycles. The van der Waals surface area contributed by atoms with E-state index in [1.54, 1.807) is 0 Å². The fraction of sp³-hybridized carbons (Fsp3) is 0.938. The molecule has 1 aliphatic heterocycles. The fourth-order valence-corrected chi connectivity index (χ4v) is 3.87. The molecule has 4 nitrogen and oxygen atoms in total. The van der Waals surface area contributed by atoms with Crippen LogP contribution in [-0.4, -0.2) is 47.7 Å². The number of likely N-dealkylation sites (tertiary alicyclic amines) is 1. The standard InChI is InChI=1S/C16H30N2O2/c1-12(2)17-15(16(19)20)8-10-18-9-7-13-5-3-4-6-14(13)11-18/h12-15,17H,3-11H2,1-2H3,(H,19,20). The first-order valence-corrected chi connectivity index (χ1v) is 8.27. The van der Waals surface area contributed by atoms with Crippen LogP contribution in [-0.2, 0) is 4.79 Å². The molecule has 1 saturated carbocycles. The summed E-state index contributed by atoms with van der Waals surface area (Å²) in [6.07, 6.45) is 7.64. The number of carbonyl (C=O) groups is 1. The Labute approximate surface area is 122 Å². The van der Waals surface area contributed by atoms with Crippen LogP contribution < -0.4 is 5.32 Å². The molecule has 2 rings (SSSR count). The van der Waals surface area contributed by atoms with Crippen LogP contribution in [0.5, 0.6) is 0 Å². The number of nitrogens with one attached hydrogen (secondary N) is 1. The number of carboxylic acids is 1. The summed E-state index contributed by atoms with van der Waals surface area (Å²) in [7, 11) is 0. The molecule has 4 heteroatoms. The Morgan fingerprint density at radius 3 is 2.60 bits per heavy atom. The maximum Gasteiger partial charge on any atom is 0.320 e. The molecule has 0 spiro atoms. The van der Waals surface area contributed by atoms with Gasteiger partial charge in [-0.15, -0.1) is 0 Å². The number of rotatable bonds is 6. The Morgan fingerprint density at radius 1 is 1.25 bits per heavy atom. The van der Waals surface area contributed by atoms with E-state index in [0.717, 1.165) is 24.9 Å². The van der Waals surface area contributed by atoms with Crippen LogP contribution in [0.15, 0.2) is 0 Å². The van der Waals surface area contributed by atoms with Gasteiger partial charge in [0.05, 0.1) is 0 Å². The monoisotopic (exact) mass is 282 g/mol. The lowest BCUT2D eigenvalue weighted by Crippen LogP contribution is -2.46. The lowest BCUT2D eigenvalue weighted by atomic mass is 9.75. The predicted molar refractivity (Wildman–Crippen MR) is 80.8 cm³/mol. The van der Waals surface area contributed by atoms with Gasteiger partial charge < -0.3 is 15.3 Å². The van der Waals surface area contributed by atoms with Gasteiger partial charge >= 0.3 is 5.97 Å². The quantitative estimate of drug-likeness (QED) is 0.785. The highest BCUT2D eigenvalue weighted by Crippen LogP contribution is 2.35. The molecule has 0 aromatic rings. The van der Waals surface area contributed by atoms with Crippen LogP contribution in [0.2, 0.25) is 0 Å². The van der Waals surface area contributed by atoms with Crippen molar-refractivity contribution in [3.8, 4) is 0 Å². The molecule has 3 unspecified atom stereocenters. The largest absolute Gasteiger partial charge is 0.480 e. The van der Waals surface area contributed by atoms with Gasteiger partial charge in [0, 0.05) is 19.1 Å². The van der Waals surface area contributed by atoms with E-state index in [4.69, 9.17) is 0 Å². The Bertz CT molecular complexity index is 320. The van der Waals surface area contributed by atoms with Crippen molar-refractivity contribution in [3.63, 3.8) is 0 Å². The van der Waals surface area contributed by atoms with Gasteiger partial charge in [0.1, 0.15) is 6.04 Å². The van der Waals surface area contributed by atoms with Gasteiger partial charge in [-0.2, -0.15) is 0 Å². The minimum Gasteiger partial charge on any atom is -0.480 e. The van der Waals surface area contributed by atoms with E-state index in [1.165, 1.54) is 38.6 Å². The number of carboxylic acid groups (broad SMARTS) is 1. The average Bonchev–Trinajstić information content (AvgIpc) is 2.42. The molecule has 0 bridgehead atoms. The van der Waals surface area contributed by atoms with Gasteiger partial charge in [0.2, 0.25) is 0 Å². The van der Waals surface area contributed by atoms with Crippen molar-refractivity contribution < 1.29 is 9.90 Å². The first-order chi connectivity index (χ1) is 9.56. The molecule has 2 aliphatic rings. The fourth-order valence-electron chi connectivity index (χ4n) is 3.87. The summed E-state index contributed by atoms with van der Waals surface area (Å²) < 4.78 is 0. The van der Waals surface area contributed by atoms with Crippen molar-refractivity contribution in [2.45, 2.75) is 64.5 Å². The molecule has 1 aliphatic carbocycles. The first kappa shape index (κ1) is 15.8. The van der Waals surface area contributed by atoms with E-state index in [1.807, 2.05) is 13.8 Å². The number of nitrogens with zero attached hydrogens (tertiary/aromatic N) is 1. The van der Waals surface area contributed by atoms with Gasteiger partial charge in [-0.1, -0.05) is 33.1 Å². The highest BCUT2D eigenvalue weighted by molar-refractivity contribution is 5.73. The van der Waals surface area contributed by atoms with Crippen molar-refractivity contribution in [1.82, 2.24) is 10.2 Å². The average molecular weight is 282 g/mol. The summed E-state index contributed by atoms with van der Waals surface area (Å²) in [5.74, 6) is 1.11. The van der Waals surface area contributed by atoms with Crippen molar-refractivity contribution in [2.24, 2.45) is 11.8 Å². The molecule has 20 heavy (non-hydrogen) atoms. The molecule has 1 saturated heterocycles. The zero-order chi connectivity index (χ0) is 14.5. The minimum absolute atomic E-state index is 0.222. The molecule has 2 N–H and O–H groups in total. The van der Waals surface area contributed by atoms with Crippen LogP contribution >= 0.6 is 0 Å². The van der Waals surface area contributed by atoms with Crippen LogP contribution in [0.4, 0.5) is 0 Å². The van der Waals surface area contributed by atoms with Crippen LogP contribution in [0, 0.1) is 11.8 Å². The second-order valence-electron chi connectivity index (χ2n) is 6.89. The molecule has 2 fully saturated rings. The Kier molecular flexibility index (Phi) is 5.85. The van der Waals surface area contributed by atoms with Crippen molar-refractivity contribution >= 4 is 5.97 Å².